The molecule has 0 spiro atoms. The Morgan fingerprint density at radius 3 is 2.88 bits per heavy atom. The van der Waals surface area contributed by atoms with Crippen LogP contribution in [-0.2, 0) is 0 Å². The standard InChI is InChI=1S/C11H13NO4/c1-14-8-2-3-9-11(16-5-4-15-9)10(8)7(13)6-12/h2-3H,4-6,12H2,1H3. The van der Waals surface area contributed by atoms with Crippen molar-refractivity contribution in [2.75, 3.05) is 26.9 Å². The van der Waals surface area contributed by atoms with Crippen LogP contribution in [0.1, 0.15) is 10.4 Å². The van der Waals surface area contributed by atoms with E-state index in [1.54, 1.807) is 12.1 Å². The molecule has 0 amide bonds. The number of rotatable bonds is 3. The molecule has 1 aromatic carbocycles. The van der Waals surface area contributed by atoms with Crippen molar-refractivity contribution in [2.45, 2.75) is 0 Å². The van der Waals surface area contributed by atoms with Crippen LogP contribution in [0.2, 0.25) is 0 Å². The van der Waals surface area contributed by atoms with Crippen molar-refractivity contribution in [1.29, 1.82) is 0 Å². The van der Waals surface area contributed by atoms with E-state index in [-0.39, 0.29) is 12.3 Å². The van der Waals surface area contributed by atoms with Gasteiger partial charge in [0.2, 0.25) is 0 Å². The molecule has 0 saturated carbocycles. The quantitative estimate of drug-likeness (QED) is 0.760. The zero-order valence-corrected chi connectivity index (χ0v) is 8.99. The molecule has 86 valence electrons. The maximum Gasteiger partial charge on any atom is 0.184 e. The van der Waals surface area contributed by atoms with E-state index in [4.69, 9.17) is 19.9 Å². The maximum atomic E-state index is 11.7. The third-order valence-corrected chi connectivity index (χ3v) is 2.35. The minimum Gasteiger partial charge on any atom is -0.496 e. The number of carbonyl (C=O) groups is 1. The van der Waals surface area contributed by atoms with Crippen LogP contribution in [0.4, 0.5) is 0 Å². The smallest absolute Gasteiger partial charge is 0.184 e. The summed E-state index contributed by atoms with van der Waals surface area (Å²) in [4.78, 5) is 11.7. The van der Waals surface area contributed by atoms with Gasteiger partial charge in [0.15, 0.2) is 17.3 Å². The lowest BCUT2D eigenvalue weighted by molar-refractivity contribution is 0.0986. The Labute approximate surface area is 93.1 Å². The van der Waals surface area contributed by atoms with Gasteiger partial charge in [-0.2, -0.15) is 0 Å². The Kier molecular flexibility index (Phi) is 2.96. The number of hydrogen-bond acceptors (Lipinski definition) is 5. The lowest BCUT2D eigenvalue weighted by atomic mass is 10.1. The number of benzene rings is 1. The fraction of sp³-hybridized carbons (Fsp3) is 0.364. The Balaban J connectivity index is 2.56. The molecular weight excluding hydrogens is 210 g/mol. The predicted octanol–water partition coefficient (Wildman–Crippen LogP) is 0.608. The molecule has 1 aliphatic rings. The number of Topliss-reactive ketones (excluding diaryl/α,β-unsaturated/α-hetero) is 1. The van der Waals surface area contributed by atoms with Crippen molar-refractivity contribution in [3.8, 4) is 17.2 Å². The van der Waals surface area contributed by atoms with Crippen molar-refractivity contribution in [1.82, 2.24) is 0 Å². The molecule has 0 aliphatic carbocycles. The van der Waals surface area contributed by atoms with Crippen LogP contribution in [0.25, 0.3) is 0 Å². The number of ketones is 1. The van der Waals surface area contributed by atoms with Gasteiger partial charge in [0.25, 0.3) is 0 Å². The van der Waals surface area contributed by atoms with Crippen molar-refractivity contribution in [3.63, 3.8) is 0 Å². The molecule has 1 aromatic rings. The van der Waals surface area contributed by atoms with Gasteiger partial charge in [-0.3, -0.25) is 4.79 Å². The number of fused-ring (bicyclic) bond motifs is 1. The van der Waals surface area contributed by atoms with Gasteiger partial charge in [0.1, 0.15) is 24.5 Å². The third kappa shape index (κ3) is 1.69. The van der Waals surface area contributed by atoms with Crippen LogP contribution >= 0.6 is 0 Å². The molecule has 16 heavy (non-hydrogen) atoms. The monoisotopic (exact) mass is 223 g/mol. The first-order valence-electron chi connectivity index (χ1n) is 4.97. The Morgan fingerprint density at radius 1 is 1.44 bits per heavy atom. The second kappa shape index (κ2) is 4.40. The molecule has 5 heteroatoms. The van der Waals surface area contributed by atoms with Gasteiger partial charge >= 0.3 is 0 Å². The topological polar surface area (TPSA) is 70.8 Å². The zero-order chi connectivity index (χ0) is 11.5. The number of nitrogens with two attached hydrogens (primary N) is 1. The normalized spacial score (nSPS) is 13.4. The lowest BCUT2D eigenvalue weighted by Crippen LogP contribution is -2.21. The number of ether oxygens (including phenoxy) is 3. The summed E-state index contributed by atoms with van der Waals surface area (Å²) in [6.45, 7) is 0.816. The molecular formula is C11H13NO4. The highest BCUT2D eigenvalue weighted by Gasteiger charge is 2.24. The minimum absolute atomic E-state index is 0.0871. The maximum absolute atomic E-state index is 11.7. The first-order chi connectivity index (χ1) is 7.77. The fourth-order valence-electron chi connectivity index (χ4n) is 1.63. The summed E-state index contributed by atoms with van der Waals surface area (Å²) in [5.74, 6) is 1.23. The molecule has 0 saturated heterocycles. The third-order valence-electron chi connectivity index (χ3n) is 2.35. The van der Waals surface area contributed by atoms with Gasteiger partial charge in [0.05, 0.1) is 13.7 Å². The molecule has 1 heterocycles. The molecule has 1 aliphatic heterocycles. The van der Waals surface area contributed by atoms with E-state index in [1.807, 2.05) is 0 Å². The Bertz CT molecular complexity index is 417. The van der Waals surface area contributed by atoms with E-state index in [0.29, 0.717) is 36.0 Å². The molecule has 0 bridgehead atoms. The summed E-state index contributed by atoms with van der Waals surface area (Å²) in [6, 6.07) is 3.40. The van der Waals surface area contributed by atoms with E-state index < -0.39 is 0 Å². The van der Waals surface area contributed by atoms with Crippen molar-refractivity contribution >= 4 is 5.78 Å². The van der Waals surface area contributed by atoms with Crippen LogP contribution in [0, 0.1) is 0 Å². The predicted molar refractivity (Wildman–Crippen MR) is 57.4 cm³/mol. The first-order valence-corrected chi connectivity index (χ1v) is 4.97. The number of hydrogen-bond donors (Lipinski definition) is 1. The molecule has 5 nitrogen and oxygen atoms in total. The van der Waals surface area contributed by atoms with Gasteiger partial charge < -0.3 is 19.9 Å². The van der Waals surface area contributed by atoms with Crippen LogP contribution < -0.4 is 19.9 Å². The van der Waals surface area contributed by atoms with Gasteiger partial charge in [0, 0.05) is 0 Å². The SMILES string of the molecule is COc1ccc2c(c1C(=O)CN)OCCO2. The molecule has 0 aromatic heterocycles. The Morgan fingerprint density at radius 2 is 2.19 bits per heavy atom. The second-order valence-corrected chi connectivity index (χ2v) is 3.29. The lowest BCUT2D eigenvalue weighted by Gasteiger charge is -2.21. The van der Waals surface area contributed by atoms with Crippen LogP contribution in [0.5, 0.6) is 17.2 Å². The highest BCUT2D eigenvalue weighted by Crippen LogP contribution is 2.39. The summed E-state index contributed by atoms with van der Waals surface area (Å²) in [6.07, 6.45) is 0. The highest BCUT2D eigenvalue weighted by atomic mass is 16.6. The Hall–Kier alpha value is -1.75. The van der Waals surface area contributed by atoms with Crippen LogP contribution in [0.3, 0.4) is 0 Å². The number of carbonyl (C=O) groups excluding carboxylic acids is 1. The average molecular weight is 223 g/mol. The van der Waals surface area contributed by atoms with Gasteiger partial charge in [-0.25, -0.2) is 0 Å². The van der Waals surface area contributed by atoms with Crippen molar-refractivity contribution in [2.24, 2.45) is 5.73 Å². The largest absolute Gasteiger partial charge is 0.496 e. The molecule has 0 atom stereocenters. The second-order valence-electron chi connectivity index (χ2n) is 3.29. The van der Waals surface area contributed by atoms with Crippen molar-refractivity contribution in [3.05, 3.63) is 17.7 Å². The number of methoxy groups -OCH3 is 1. The summed E-state index contributed by atoms with van der Waals surface area (Å²) in [7, 11) is 1.50. The van der Waals surface area contributed by atoms with Crippen LogP contribution in [-0.4, -0.2) is 32.7 Å². The average Bonchev–Trinajstić information content (AvgIpc) is 2.36. The van der Waals surface area contributed by atoms with E-state index >= 15 is 0 Å². The van der Waals surface area contributed by atoms with E-state index in [1.165, 1.54) is 7.11 Å². The van der Waals surface area contributed by atoms with Gasteiger partial charge in [-0.15, -0.1) is 0 Å². The minimum atomic E-state index is -0.223. The summed E-state index contributed by atoms with van der Waals surface area (Å²) >= 11 is 0. The van der Waals surface area contributed by atoms with Crippen molar-refractivity contribution < 1.29 is 19.0 Å². The van der Waals surface area contributed by atoms with Gasteiger partial charge in [-0.1, -0.05) is 0 Å². The summed E-state index contributed by atoms with van der Waals surface area (Å²) in [5.41, 5.74) is 5.72. The van der Waals surface area contributed by atoms with E-state index in [2.05, 4.69) is 0 Å². The van der Waals surface area contributed by atoms with E-state index in [0.717, 1.165) is 0 Å². The first kappa shape index (κ1) is 10.8. The molecule has 2 N–H and O–H groups in total. The fourth-order valence-corrected chi connectivity index (χ4v) is 1.63. The summed E-state index contributed by atoms with van der Waals surface area (Å²) < 4.78 is 15.9. The summed E-state index contributed by atoms with van der Waals surface area (Å²) in [5, 5.41) is 0. The molecule has 0 fully saturated rings. The highest BCUT2D eigenvalue weighted by molar-refractivity contribution is 6.03. The van der Waals surface area contributed by atoms with Gasteiger partial charge in [-0.05, 0) is 12.1 Å². The molecule has 0 unspecified atom stereocenters. The molecule has 2 rings (SSSR count). The van der Waals surface area contributed by atoms with Crippen LogP contribution in [0.15, 0.2) is 12.1 Å². The van der Waals surface area contributed by atoms with E-state index in [9.17, 15) is 4.79 Å². The zero-order valence-electron chi connectivity index (χ0n) is 8.99. The molecule has 0 radical (unpaired) electrons.